The molecule has 0 aliphatic rings. The summed E-state index contributed by atoms with van der Waals surface area (Å²) in [6.45, 7) is 4.50. The minimum atomic E-state index is 0.934. The zero-order chi connectivity index (χ0) is 26.8. The Kier molecular flexibility index (Phi) is 5.09. The molecule has 1 aromatic heterocycles. The molecule has 0 amide bonds. The first-order valence-electron chi connectivity index (χ1n) is 14.1. The van der Waals surface area contributed by atoms with Crippen molar-refractivity contribution in [3.05, 3.63) is 132 Å². The molecular formula is C39H28O. The van der Waals surface area contributed by atoms with E-state index in [0.717, 1.165) is 23.2 Å². The summed E-state index contributed by atoms with van der Waals surface area (Å²) in [5.74, 6) is 0. The van der Waals surface area contributed by atoms with Crippen LogP contribution in [0.1, 0.15) is 18.1 Å². The zero-order valence-corrected chi connectivity index (χ0v) is 22.7. The van der Waals surface area contributed by atoms with E-state index in [-0.39, 0.29) is 0 Å². The SMILES string of the molecule is CCc1cc(-c2cccc3c2oc2ccccc23)ccc1-c1cc2c3ccccc3c3ccccc3c2cc1C. The first kappa shape index (κ1) is 23.0. The van der Waals surface area contributed by atoms with Crippen LogP contribution in [0.15, 0.2) is 126 Å². The lowest BCUT2D eigenvalue weighted by atomic mass is 9.87. The molecule has 7 aromatic carbocycles. The molecule has 0 aliphatic carbocycles. The fourth-order valence-electron chi connectivity index (χ4n) is 6.64. The van der Waals surface area contributed by atoms with Gasteiger partial charge in [0.25, 0.3) is 0 Å². The van der Waals surface area contributed by atoms with Gasteiger partial charge in [-0.05, 0) is 85.6 Å². The Labute approximate surface area is 233 Å². The summed E-state index contributed by atoms with van der Waals surface area (Å²) in [5.41, 5.74) is 9.48. The average molecular weight is 513 g/mol. The van der Waals surface area contributed by atoms with Crippen molar-refractivity contribution in [2.75, 3.05) is 0 Å². The highest BCUT2D eigenvalue weighted by molar-refractivity contribution is 6.26. The van der Waals surface area contributed by atoms with E-state index in [4.69, 9.17) is 4.42 Å². The number of furan rings is 1. The van der Waals surface area contributed by atoms with E-state index in [0.29, 0.717) is 0 Å². The molecule has 0 atom stereocenters. The van der Waals surface area contributed by atoms with Crippen LogP contribution in [0, 0.1) is 6.92 Å². The Bertz CT molecular complexity index is 2260. The smallest absolute Gasteiger partial charge is 0.143 e. The lowest BCUT2D eigenvalue weighted by Crippen LogP contribution is -1.93. The second kappa shape index (κ2) is 8.83. The summed E-state index contributed by atoms with van der Waals surface area (Å²) >= 11 is 0. The predicted molar refractivity (Wildman–Crippen MR) is 171 cm³/mol. The van der Waals surface area contributed by atoms with Gasteiger partial charge < -0.3 is 4.42 Å². The van der Waals surface area contributed by atoms with Crippen LogP contribution in [0.3, 0.4) is 0 Å². The summed E-state index contributed by atoms with van der Waals surface area (Å²) in [4.78, 5) is 0. The molecule has 0 spiro atoms. The van der Waals surface area contributed by atoms with Crippen molar-refractivity contribution < 1.29 is 4.42 Å². The fraction of sp³-hybridized carbons (Fsp3) is 0.0769. The fourth-order valence-corrected chi connectivity index (χ4v) is 6.64. The molecule has 8 aromatic rings. The number of hydrogen-bond acceptors (Lipinski definition) is 1. The molecule has 1 heterocycles. The quantitative estimate of drug-likeness (QED) is 0.215. The van der Waals surface area contributed by atoms with Gasteiger partial charge in [0, 0.05) is 16.3 Å². The van der Waals surface area contributed by atoms with E-state index in [1.807, 2.05) is 6.07 Å². The summed E-state index contributed by atoms with van der Waals surface area (Å²) in [5, 5.41) is 10.2. The van der Waals surface area contributed by atoms with Gasteiger partial charge in [0.1, 0.15) is 11.2 Å². The van der Waals surface area contributed by atoms with Crippen LogP contribution in [0.25, 0.3) is 76.5 Å². The Morgan fingerprint density at radius 1 is 0.475 bits per heavy atom. The van der Waals surface area contributed by atoms with Crippen LogP contribution in [0.2, 0.25) is 0 Å². The van der Waals surface area contributed by atoms with Crippen LogP contribution in [0.5, 0.6) is 0 Å². The first-order chi connectivity index (χ1) is 19.7. The molecule has 0 bridgehead atoms. The number of rotatable bonds is 3. The predicted octanol–water partition coefficient (Wildman–Crippen LogP) is 11.3. The Morgan fingerprint density at radius 2 is 1.07 bits per heavy atom. The number of hydrogen-bond donors (Lipinski definition) is 0. The maximum Gasteiger partial charge on any atom is 0.143 e. The molecule has 0 saturated carbocycles. The van der Waals surface area contributed by atoms with E-state index in [1.54, 1.807) is 0 Å². The lowest BCUT2D eigenvalue weighted by molar-refractivity contribution is 0.670. The number of benzene rings is 7. The minimum absolute atomic E-state index is 0.934. The van der Waals surface area contributed by atoms with Gasteiger partial charge in [0.2, 0.25) is 0 Å². The molecule has 190 valence electrons. The molecule has 0 aliphatic heterocycles. The van der Waals surface area contributed by atoms with Gasteiger partial charge in [-0.3, -0.25) is 0 Å². The van der Waals surface area contributed by atoms with Gasteiger partial charge in [-0.2, -0.15) is 0 Å². The summed E-state index contributed by atoms with van der Waals surface area (Å²) in [6, 6.07) is 44.1. The number of fused-ring (bicyclic) bond motifs is 9. The van der Waals surface area contributed by atoms with Crippen LogP contribution in [-0.2, 0) is 6.42 Å². The maximum absolute atomic E-state index is 6.37. The van der Waals surface area contributed by atoms with Crippen LogP contribution < -0.4 is 0 Å². The van der Waals surface area contributed by atoms with Crippen molar-refractivity contribution in [3.8, 4) is 22.3 Å². The summed E-state index contributed by atoms with van der Waals surface area (Å²) < 4.78 is 6.37. The third kappa shape index (κ3) is 3.34. The van der Waals surface area contributed by atoms with Crippen LogP contribution in [-0.4, -0.2) is 0 Å². The van der Waals surface area contributed by atoms with E-state index in [1.165, 1.54) is 70.9 Å². The molecule has 8 rings (SSSR count). The zero-order valence-electron chi connectivity index (χ0n) is 22.7. The van der Waals surface area contributed by atoms with Gasteiger partial charge in [0.15, 0.2) is 0 Å². The average Bonchev–Trinajstić information content (AvgIpc) is 3.40. The summed E-state index contributed by atoms with van der Waals surface area (Å²) in [7, 11) is 0. The highest BCUT2D eigenvalue weighted by atomic mass is 16.3. The first-order valence-corrected chi connectivity index (χ1v) is 14.1. The molecule has 0 radical (unpaired) electrons. The third-order valence-corrected chi connectivity index (χ3v) is 8.58. The molecule has 0 saturated heterocycles. The molecule has 0 fully saturated rings. The van der Waals surface area contributed by atoms with E-state index >= 15 is 0 Å². The van der Waals surface area contributed by atoms with E-state index in [9.17, 15) is 0 Å². The Hall–Kier alpha value is -4.88. The standard InChI is InChI=1S/C39H28O/c1-3-25-22-26(28-16-10-17-34-33-15-8-9-18-38(33)40-39(28)34)19-20-27(25)35-23-37-32-14-7-5-12-30(32)29-11-4-6-13-31(29)36(37)21-24(35)2/h4-23H,3H2,1-2H3. The third-order valence-electron chi connectivity index (χ3n) is 8.58. The van der Waals surface area contributed by atoms with Crippen molar-refractivity contribution in [1.82, 2.24) is 0 Å². The monoisotopic (exact) mass is 512 g/mol. The molecular weight excluding hydrogens is 484 g/mol. The molecule has 1 heteroatoms. The normalized spacial score (nSPS) is 11.8. The Morgan fingerprint density at radius 3 is 1.77 bits per heavy atom. The van der Waals surface area contributed by atoms with Crippen molar-refractivity contribution in [3.63, 3.8) is 0 Å². The van der Waals surface area contributed by atoms with Gasteiger partial charge in [-0.15, -0.1) is 0 Å². The van der Waals surface area contributed by atoms with Gasteiger partial charge in [0.05, 0.1) is 0 Å². The second-order valence-corrected chi connectivity index (χ2v) is 10.8. The highest BCUT2D eigenvalue weighted by Gasteiger charge is 2.16. The van der Waals surface area contributed by atoms with Crippen LogP contribution in [0.4, 0.5) is 0 Å². The van der Waals surface area contributed by atoms with Crippen molar-refractivity contribution in [2.45, 2.75) is 20.3 Å². The minimum Gasteiger partial charge on any atom is -0.455 e. The summed E-state index contributed by atoms with van der Waals surface area (Å²) in [6.07, 6.45) is 0.954. The largest absolute Gasteiger partial charge is 0.455 e. The van der Waals surface area contributed by atoms with Gasteiger partial charge in [-0.25, -0.2) is 0 Å². The Balaban J connectivity index is 1.35. The van der Waals surface area contributed by atoms with Crippen molar-refractivity contribution in [1.29, 1.82) is 0 Å². The topological polar surface area (TPSA) is 13.1 Å². The van der Waals surface area contributed by atoms with E-state index < -0.39 is 0 Å². The van der Waals surface area contributed by atoms with E-state index in [2.05, 4.69) is 129 Å². The second-order valence-electron chi connectivity index (χ2n) is 10.8. The number of para-hydroxylation sites is 2. The lowest BCUT2D eigenvalue weighted by Gasteiger charge is -2.17. The van der Waals surface area contributed by atoms with Gasteiger partial charge >= 0.3 is 0 Å². The molecule has 0 unspecified atom stereocenters. The van der Waals surface area contributed by atoms with Crippen molar-refractivity contribution >= 4 is 54.3 Å². The van der Waals surface area contributed by atoms with Crippen molar-refractivity contribution in [2.24, 2.45) is 0 Å². The number of aryl methyl sites for hydroxylation is 2. The molecule has 0 N–H and O–H groups in total. The highest BCUT2D eigenvalue weighted by Crippen LogP contribution is 2.41. The molecule has 40 heavy (non-hydrogen) atoms. The van der Waals surface area contributed by atoms with Crippen LogP contribution >= 0.6 is 0 Å². The van der Waals surface area contributed by atoms with Gasteiger partial charge in [-0.1, -0.05) is 116 Å². The maximum atomic E-state index is 6.37. The molecule has 1 nitrogen and oxygen atoms in total.